The minimum absolute atomic E-state index is 0.748. The van der Waals surface area contributed by atoms with Gasteiger partial charge in [0.1, 0.15) is 6.10 Å². The van der Waals surface area contributed by atoms with Crippen LogP contribution in [0.15, 0.2) is 0 Å². The number of rotatable bonds is 1. The molecule has 0 aromatic heterocycles. The van der Waals surface area contributed by atoms with Gasteiger partial charge in [-0.2, -0.15) is 26.3 Å². The monoisotopic (exact) mass is 348 g/mol. The predicted molar refractivity (Wildman–Crippen MR) is 54.2 cm³/mol. The molecule has 0 aromatic carbocycles. The Morgan fingerprint density at radius 3 is 1.76 bits per heavy atom. The van der Waals surface area contributed by atoms with Gasteiger partial charge in [-0.1, -0.05) is 0 Å². The Labute approximate surface area is 118 Å². The molecule has 0 N–H and O–H groups in total. The van der Waals surface area contributed by atoms with E-state index in [1.54, 1.807) is 0 Å². The van der Waals surface area contributed by atoms with Gasteiger partial charge in [-0.25, -0.2) is 8.78 Å². The molecule has 2 nitrogen and oxygen atoms in total. The van der Waals surface area contributed by atoms with E-state index in [0.29, 0.717) is 0 Å². The number of hydrogen-bond acceptors (Lipinski definition) is 2. The largest absolute Gasteiger partial charge is 0.461 e. The summed E-state index contributed by atoms with van der Waals surface area (Å²) in [5, 5.41) is -1.95. The van der Waals surface area contributed by atoms with Crippen LogP contribution in [0, 0.1) is 0 Å². The standard InChI is InChI=1S/C10H9ClF8O2/c1-4(20)21-6-3-8(13,10(17,18)19)7(12,2-5(6)11)9(14,15)16/h5-6H,2-3H2,1H3. The van der Waals surface area contributed by atoms with Crippen LogP contribution in [0.25, 0.3) is 0 Å². The van der Waals surface area contributed by atoms with Crippen LogP contribution in [0.5, 0.6) is 0 Å². The molecule has 4 unspecified atom stereocenters. The van der Waals surface area contributed by atoms with Crippen molar-refractivity contribution in [2.24, 2.45) is 0 Å². The van der Waals surface area contributed by atoms with Crippen molar-refractivity contribution in [1.82, 2.24) is 0 Å². The number of esters is 1. The summed E-state index contributed by atoms with van der Waals surface area (Å²) in [5.41, 5.74) is -10.5. The Kier molecular flexibility index (Phi) is 4.46. The van der Waals surface area contributed by atoms with E-state index >= 15 is 0 Å². The van der Waals surface area contributed by atoms with Gasteiger partial charge in [-0.15, -0.1) is 11.6 Å². The molecule has 1 rings (SSSR count). The first-order valence-electron chi connectivity index (χ1n) is 5.48. The van der Waals surface area contributed by atoms with Gasteiger partial charge in [0, 0.05) is 19.8 Å². The first-order valence-corrected chi connectivity index (χ1v) is 5.92. The quantitative estimate of drug-likeness (QED) is 0.409. The second-order valence-corrected chi connectivity index (χ2v) is 5.23. The van der Waals surface area contributed by atoms with Crippen molar-refractivity contribution >= 4 is 17.6 Å². The van der Waals surface area contributed by atoms with Crippen LogP contribution in [0.4, 0.5) is 35.1 Å². The first kappa shape index (κ1) is 18.2. The van der Waals surface area contributed by atoms with Gasteiger partial charge < -0.3 is 4.74 Å². The highest BCUT2D eigenvalue weighted by atomic mass is 35.5. The van der Waals surface area contributed by atoms with Gasteiger partial charge >= 0.3 is 18.3 Å². The highest BCUT2D eigenvalue weighted by Crippen LogP contribution is 2.59. The molecule has 124 valence electrons. The van der Waals surface area contributed by atoms with Crippen molar-refractivity contribution < 1.29 is 44.7 Å². The smallest absolute Gasteiger partial charge is 0.426 e. The second-order valence-electron chi connectivity index (χ2n) is 4.67. The molecule has 11 heteroatoms. The van der Waals surface area contributed by atoms with Crippen LogP contribution in [0.3, 0.4) is 0 Å². The summed E-state index contributed by atoms with van der Waals surface area (Å²) >= 11 is 5.34. The van der Waals surface area contributed by atoms with E-state index in [1.165, 1.54) is 0 Å². The summed E-state index contributed by atoms with van der Waals surface area (Å²) in [7, 11) is 0. The molecule has 21 heavy (non-hydrogen) atoms. The minimum Gasteiger partial charge on any atom is -0.461 e. The molecular formula is C10H9ClF8O2. The van der Waals surface area contributed by atoms with Gasteiger partial charge in [0.2, 0.25) is 5.67 Å². The van der Waals surface area contributed by atoms with Gasteiger partial charge in [-0.05, 0) is 0 Å². The van der Waals surface area contributed by atoms with E-state index in [-0.39, 0.29) is 0 Å². The van der Waals surface area contributed by atoms with Crippen molar-refractivity contribution in [2.75, 3.05) is 0 Å². The average Bonchev–Trinajstić information content (AvgIpc) is 2.22. The number of carbonyl (C=O) groups is 1. The Morgan fingerprint density at radius 2 is 1.43 bits per heavy atom. The fraction of sp³-hybridized carbons (Fsp3) is 0.900. The molecule has 1 fully saturated rings. The number of halogens is 9. The Morgan fingerprint density at radius 1 is 1.05 bits per heavy atom. The molecule has 1 saturated carbocycles. The van der Waals surface area contributed by atoms with Crippen LogP contribution in [0.1, 0.15) is 19.8 Å². The number of alkyl halides is 9. The molecule has 0 bridgehead atoms. The van der Waals surface area contributed by atoms with Crippen LogP contribution in [-0.4, -0.2) is 41.1 Å². The molecule has 0 aliphatic heterocycles. The lowest BCUT2D eigenvalue weighted by molar-refractivity contribution is -0.358. The minimum atomic E-state index is -6.16. The zero-order valence-corrected chi connectivity index (χ0v) is 11.0. The third-order valence-corrected chi connectivity index (χ3v) is 3.64. The lowest BCUT2D eigenvalue weighted by atomic mass is 9.71. The molecule has 0 spiro atoms. The van der Waals surface area contributed by atoms with Gasteiger partial charge in [0.25, 0.3) is 5.67 Å². The van der Waals surface area contributed by atoms with E-state index in [1.807, 2.05) is 0 Å². The fourth-order valence-corrected chi connectivity index (χ4v) is 2.49. The lowest BCUT2D eigenvalue weighted by Gasteiger charge is -2.47. The van der Waals surface area contributed by atoms with Crippen LogP contribution in [-0.2, 0) is 9.53 Å². The van der Waals surface area contributed by atoms with Gasteiger partial charge in [0.05, 0.1) is 5.38 Å². The predicted octanol–water partition coefficient (Wildman–Crippen LogP) is 3.86. The molecule has 0 heterocycles. The Balaban J connectivity index is 3.32. The van der Waals surface area contributed by atoms with Gasteiger partial charge in [0.15, 0.2) is 0 Å². The summed E-state index contributed by atoms with van der Waals surface area (Å²) in [5.74, 6) is -1.17. The number of hydrogen-bond donors (Lipinski definition) is 0. The molecule has 1 aliphatic carbocycles. The third-order valence-electron chi connectivity index (χ3n) is 3.21. The molecule has 0 amide bonds. The number of ether oxygens (including phenoxy) is 1. The van der Waals surface area contributed by atoms with Gasteiger partial charge in [-0.3, -0.25) is 4.79 Å². The molecule has 1 aliphatic rings. The van der Waals surface area contributed by atoms with Crippen LogP contribution in [0.2, 0.25) is 0 Å². The maximum absolute atomic E-state index is 14.0. The van der Waals surface area contributed by atoms with Crippen LogP contribution >= 0.6 is 11.6 Å². The second kappa shape index (κ2) is 5.13. The fourth-order valence-electron chi connectivity index (χ4n) is 2.14. The normalized spacial score (nSPS) is 38.2. The van der Waals surface area contributed by atoms with E-state index < -0.39 is 54.0 Å². The van der Waals surface area contributed by atoms with Crippen molar-refractivity contribution in [3.05, 3.63) is 0 Å². The summed E-state index contributed by atoms with van der Waals surface area (Å²) in [6, 6.07) is 0. The molecule has 0 saturated heterocycles. The molecular weight excluding hydrogens is 340 g/mol. The maximum atomic E-state index is 14.0. The van der Waals surface area contributed by atoms with Crippen molar-refractivity contribution in [3.8, 4) is 0 Å². The first-order chi connectivity index (χ1) is 9.16. The third kappa shape index (κ3) is 2.91. The van der Waals surface area contributed by atoms with Crippen molar-refractivity contribution in [3.63, 3.8) is 0 Å². The summed E-state index contributed by atoms with van der Waals surface area (Å²) < 4.78 is 108. The van der Waals surface area contributed by atoms with E-state index in [2.05, 4.69) is 4.74 Å². The zero-order chi connectivity index (χ0) is 16.9. The average molecular weight is 349 g/mol. The summed E-state index contributed by atoms with van der Waals surface area (Å²) in [4.78, 5) is 10.7. The number of carbonyl (C=O) groups excluding carboxylic acids is 1. The Bertz CT molecular complexity index is 422. The summed E-state index contributed by atoms with van der Waals surface area (Å²) in [6.07, 6.45) is -18.4. The molecule has 0 radical (unpaired) electrons. The van der Waals surface area contributed by atoms with E-state index in [4.69, 9.17) is 11.6 Å². The SMILES string of the molecule is CC(=O)OC1CC(F)(C(F)(F)F)C(F)(C(F)(F)F)CC1Cl. The van der Waals surface area contributed by atoms with E-state index in [9.17, 15) is 39.9 Å². The highest BCUT2D eigenvalue weighted by Gasteiger charge is 2.81. The topological polar surface area (TPSA) is 26.3 Å². The van der Waals surface area contributed by atoms with Crippen molar-refractivity contribution in [1.29, 1.82) is 0 Å². The maximum Gasteiger partial charge on any atom is 0.426 e. The van der Waals surface area contributed by atoms with Crippen LogP contribution < -0.4 is 0 Å². The van der Waals surface area contributed by atoms with Crippen molar-refractivity contribution in [2.45, 2.75) is 54.9 Å². The highest BCUT2D eigenvalue weighted by molar-refractivity contribution is 6.21. The zero-order valence-electron chi connectivity index (χ0n) is 10.3. The molecule has 4 atom stereocenters. The van der Waals surface area contributed by atoms with E-state index in [0.717, 1.165) is 6.92 Å². The lowest BCUT2D eigenvalue weighted by Crippen LogP contribution is -2.70. The summed E-state index contributed by atoms with van der Waals surface area (Å²) in [6.45, 7) is 0.748. The Hall–Kier alpha value is -0.800. The molecule has 0 aromatic rings.